The van der Waals surface area contributed by atoms with Gasteiger partial charge in [-0.05, 0) is 68.3 Å². The van der Waals surface area contributed by atoms with Gasteiger partial charge in [-0.2, -0.15) is 0 Å². The van der Waals surface area contributed by atoms with Crippen molar-refractivity contribution in [3.05, 3.63) is 93.4 Å². The Hall–Kier alpha value is -2.78. The molecule has 0 heterocycles. The second kappa shape index (κ2) is 13.5. The average Bonchev–Trinajstić information content (AvgIpc) is 2.92. The number of anilines is 1. The normalized spacial score (nSPS) is 12.9. The van der Waals surface area contributed by atoms with Crippen molar-refractivity contribution in [2.45, 2.75) is 50.7 Å². The molecule has 2 amide bonds. The van der Waals surface area contributed by atoms with Crippen molar-refractivity contribution in [2.75, 3.05) is 10.8 Å². The van der Waals surface area contributed by atoms with Crippen LogP contribution in [0.4, 0.5) is 5.69 Å². The minimum absolute atomic E-state index is 0.0272. The Kier molecular flexibility index (Phi) is 10.7. The number of rotatable bonds is 11. The van der Waals surface area contributed by atoms with Crippen LogP contribution in [0.2, 0.25) is 15.1 Å². The van der Waals surface area contributed by atoms with Gasteiger partial charge in [0.05, 0.1) is 15.6 Å². The van der Waals surface area contributed by atoms with Gasteiger partial charge in [0.1, 0.15) is 12.6 Å². The van der Waals surface area contributed by atoms with Crippen LogP contribution in [-0.2, 0) is 26.2 Å². The molecule has 0 aliphatic rings. The van der Waals surface area contributed by atoms with Crippen molar-refractivity contribution in [1.29, 1.82) is 0 Å². The number of carbonyl (C=O) groups is 2. The monoisotopic (exact) mass is 609 g/mol. The third-order valence-electron chi connectivity index (χ3n) is 6.22. The van der Waals surface area contributed by atoms with Crippen molar-refractivity contribution in [3.63, 3.8) is 0 Å². The van der Waals surface area contributed by atoms with Gasteiger partial charge in [-0.3, -0.25) is 13.9 Å². The van der Waals surface area contributed by atoms with E-state index in [0.717, 1.165) is 4.31 Å². The quantitative estimate of drug-likeness (QED) is 0.281. The fraction of sp³-hybridized carbons (Fsp3) is 0.286. The van der Waals surface area contributed by atoms with Gasteiger partial charge < -0.3 is 10.2 Å². The zero-order chi connectivity index (χ0) is 28.7. The highest BCUT2D eigenvalue weighted by molar-refractivity contribution is 7.92. The van der Waals surface area contributed by atoms with Crippen LogP contribution in [0.1, 0.15) is 32.8 Å². The highest BCUT2D eigenvalue weighted by Crippen LogP contribution is 2.33. The van der Waals surface area contributed by atoms with Crippen LogP contribution in [0.3, 0.4) is 0 Å². The molecule has 0 fully saturated rings. The fourth-order valence-corrected chi connectivity index (χ4v) is 5.75. The lowest BCUT2D eigenvalue weighted by molar-refractivity contribution is -0.139. The van der Waals surface area contributed by atoms with Gasteiger partial charge in [0.15, 0.2) is 0 Å². The predicted molar refractivity (Wildman–Crippen MR) is 157 cm³/mol. The number of benzene rings is 3. The van der Waals surface area contributed by atoms with E-state index in [1.54, 1.807) is 49.4 Å². The third-order valence-corrected chi connectivity index (χ3v) is 8.80. The summed E-state index contributed by atoms with van der Waals surface area (Å²) in [7, 11) is -4.24. The largest absolute Gasteiger partial charge is 0.352 e. The molecule has 0 bridgehead atoms. The number of halogens is 3. The van der Waals surface area contributed by atoms with Crippen molar-refractivity contribution in [1.82, 2.24) is 10.2 Å². The molecule has 3 rings (SSSR count). The molecule has 0 unspecified atom stereocenters. The van der Waals surface area contributed by atoms with Gasteiger partial charge >= 0.3 is 0 Å². The minimum atomic E-state index is -4.24. The molecule has 11 heteroatoms. The topological polar surface area (TPSA) is 86.8 Å². The van der Waals surface area contributed by atoms with E-state index in [2.05, 4.69) is 5.32 Å². The molecule has 0 aromatic heterocycles. The van der Waals surface area contributed by atoms with E-state index in [1.807, 2.05) is 13.8 Å². The van der Waals surface area contributed by atoms with E-state index in [4.69, 9.17) is 34.8 Å². The molecular weight excluding hydrogens is 581 g/mol. The molecule has 0 saturated heterocycles. The van der Waals surface area contributed by atoms with Crippen LogP contribution in [-0.4, -0.2) is 43.8 Å². The van der Waals surface area contributed by atoms with Crippen LogP contribution < -0.4 is 9.62 Å². The van der Waals surface area contributed by atoms with Gasteiger partial charge in [-0.25, -0.2) is 8.42 Å². The Bertz CT molecular complexity index is 1400. The second-order valence-corrected chi connectivity index (χ2v) is 12.2. The molecule has 0 aliphatic heterocycles. The maximum Gasteiger partial charge on any atom is 0.264 e. The standard InChI is InChI=1S/C28H30Cl3N3O4S/c1-4-19(2)32-28(36)20(3)33(17-21-10-12-22(29)13-11-21)27(35)18-34(26-16-23(30)14-15-25(26)31)39(37,38)24-8-6-5-7-9-24/h5-16,19-20H,4,17-18H2,1-3H3,(H,32,36)/t19-,20-/m1/s1. The second-order valence-electron chi connectivity index (χ2n) is 9.06. The Morgan fingerprint density at radius 3 is 2.13 bits per heavy atom. The summed E-state index contributed by atoms with van der Waals surface area (Å²) in [6.45, 7) is 4.84. The Morgan fingerprint density at radius 1 is 0.897 bits per heavy atom. The van der Waals surface area contributed by atoms with E-state index in [1.165, 1.54) is 35.2 Å². The number of nitrogens with one attached hydrogen (secondary N) is 1. The first kappa shape index (κ1) is 30.8. The van der Waals surface area contributed by atoms with E-state index >= 15 is 0 Å². The zero-order valence-electron chi connectivity index (χ0n) is 21.8. The van der Waals surface area contributed by atoms with E-state index in [-0.39, 0.29) is 39.1 Å². The van der Waals surface area contributed by atoms with Gasteiger partial charge in [-0.1, -0.05) is 72.1 Å². The van der Waals surface area contributed by atoms with Crippen molar-refractivity contribution in [3.8, 4) is 0 Å². The summed E-state index contributed by atoms with van der Waals surface area (Å²) in [5.41, 5.74) is 0.763. The summed E-state index contributed by atoms with van der Waals surface area (Å²) in [4.78, 5) is 28.3. The first-order chi connectivity index (χ1) is 18.4. The van der Waals surface area contributed by atoms with Gasteiger partial charge in [0.25, 0.3) is 10.0 Å². The molecule has 0 spiro atoms. The van der Waals surface area contributed by atoms with Crippen LogP contribution in [0.15, 0.2) is 77.7 Å². The smallest absolute Gasteiger partial charge is 0.264 e. The van der Waals surface area contributed by atoms with Crippen LogP contribution >= 0.6 is 34.8 Å². The van der Waals surface area contributed by atoms with Gasteiger partial charge in [0.2, 0.25) is 11.8 Å². The Morgan fingerprint density at radius 2 is 1.51 bits per heavy atom. The first-order valence-electron chi connectivity index (χ1n) is 12.3. The maximum absolute atomic E-state index is 13.9. The summed E-state index contributed by atoms with van der Waals surface area (Å²) in [5, 5.41) is 3.76. The molecule has 2 atom stereocenters. The van der Waals surface area contributed by atoms with Crippen molar-refractivity contribution >= 4 is 62.3 Å². The SMILES string of the molecule is CC[C@@H](C)NC(=O)[C@@H](C)N(Cc1ccc(Cl)cc1)C(=O)CN(c1cc(Cl)ccc1Cl)S(=O)(=O)c1ccccc1. The molecule has 208 valence electrons. The predicted octanol–water partition coefficient (Wildman–Crippen LogP) is 6.17. The number of hydrogen-bond donors (Lipinski definition) is 1. The Labute approximate surface area is 244 Å². The molecule has 0 aliphatic carbocycles. The number of amides is 2. The van der Waals surface area contributed by atoms with Crippen LogP contribution in [0, 0.1) is 0 Å². The molecule has 3 aromatic rings. The van der Waals surface area contributed by atoms with E-state index in [0.29, 0.717) is 17.0 Å². The number of nitrogens with zero attached hydrogens (tertiary/aromatic N) is 2. The molecule has 0 saturated carbocycles. The Balaban J connectivity index is 2.05. The third kappa shape index (κ3) is 7.88. The number of sulfonamides is 1. The highest BCUT2D eigenvalue weighted by Gasteiger charge is 2.33. The molecular formula is C28H30Cl3N3O4S. The van der Waals surface area contributed by atoms with Crippen LogP contribution in [0.25, 0.3) is 0 Å². The summed E-state index contributed by atoms with van der Waals surface area (Å²) in [6.07, 6.45) is 0.708. The summed E-state index contributed by atoms with van der Waals surface area (Å²) in [5.74, 6) is -0.961. The molecule has 1 N–H and O–H groups in total. The van der Waals surface area contributed by atoms with Crippen LogP contribution in [0.5, 0.6) is 0 Å². The average molecular weight is 611 g/mol. The van der Waals surface area contributed by atoms with Crippen molar-refractivity contribution < 1.29 is 18.0 Å². The number of hydrogen-bond acceptors (Lipinski definition) is 4. The van der Waals surface area contributed by atoms with E-state index in [9.17, 15) is 18.0 Å². The highest BCUT2D eigenvalue weighted by atomic mass is 35.5. The number of carbonyl (C=O) groups excluding carboxylic acids is 2. The summed E-state index contributed by atoms with van der Waals surface area (Å²) >= 11 is 18.6. The molecule has 3 aromatic carbocycles. The minimum Gasteiger partial charge on any atom is -0.352 e. The van der Waals surface area contributed by atoms with Crippen molar-refractivity contribution in [2.24, 2.45) is 0 Å². The first-order valence-corrected chi connectivity index (χ1v) is 14.9. The van der Waals surface area contributed by atoms with Gasteiger partial charge in [-0.15, -0.1) is 0 Å². The molecule has 0 radical (unpaired) electrons. The lowest BCUT2D eigenvalue weighted by Crippen LogP contribution is -2.52. The zero-order valence-corrected chi connectivity index (χ0v) is 24.9. The lowest BCUT2D eigenvalue weighted by atomic mass is 10.1. The maximum atomic E-state index is 13.9. The summed E-state index contributed by atoms with van der Waals surface area (Å²) < 4.78 is 28.5. The lowest BCUT2D eigenvalue weighted by Gasteiger charge is -2.32. The fourth-order valence-electron chi connectivity index (χ4n) is 3.74. The van der Waals surface area contributed by atoms with Gasteiger partial charge in [0, 0.05) is 22.6 Å². The summed E-state index contributed by atoms with van der Waals surface area (Å²) in [6, 6.07) is 17.9. The van der Waals surface area contributed by atoms with E-state index < -0.39 is 28.5 Å². The molecule has 7 nitrogen and oxygen atoms in total. The molecule has 39 heavy (non-hydrogen) atoms.